The molecule has 6 heteroatoms. The molecule has 22 heavy (non-hydrogen) atoms. The van der Waals surface area contributed by atoms with Crippen LogP contribution in [0.2, 0.25) is 0 Å². The highest BCUT2D eigenvalue weighted by atomic mass is 16.3. The van der Waals surface area contributed by atoms with Gasteiger partial charge in [-0.25, -0.2) is 4.79 Å². The second-order valence-electron chi connectivity index (χ2n) is 5.40. The Morgan fingerprint density at radius 2 is 2.27 bits per heavy atom. The van der Waals surface area contributed by atoms with Gasteiger partial charge in [0.1, 0.15) is 5.76 Å². The lowest BCUT2D eigenvalue weighted by molar-refractivity contribution is -0.121. The van der Waals surface area contributed by atoms with Crippen LogP contribution in [0.4, 0.5) is 4.79 Å². The van der Waals surface area contributed by atoms with Crippen LogP contribution in [0.3, 0.4) is 0 Å². The van der Waals surface area contributed by atoms with Gasteiger partial charge in [-0.15, -0.1) is 6.58 Å². The second kappa shape index (κ2) is 8.38. The summed E-state index contributed by atoms with van der Waals surface area (Å²) < 4.78 is 5.51. The molecular formula is C16H23N3O3. The van der Waals surface area contributed by atoms with Gasteiger partial charge in [-0.2, -0.15) is 0 Å². The summed E-state index contributed by atoms with van der Waals surface area (Å²) in [6.07, 6.45) is 7.49. The molecule has 1 aromatic rings. The molecule has 1 atom stereocenters. The molecule has 6 nitrogen and oxygen atoms in total. The lowest BCUT2D eigenvalue weighted by Gasteiger charge is -2.27. The summed E-state index contributed by atoms with van der Waals surface area (Å²) in [6, 6.07) is 3.41. The van der Waals surface area contributed by atoms with E-state index in [1.807, 2.05) is 12.1 Å². The number of nitrogens with zero attached hydrogens (tertiary/aromatic N) is 1. The first-order valence-corrected chi connectivity index (χ1v) is 7.66. The van der Waals surface area contributed by atoms with E-state index in [0.29, 0.717) is 6.54 Å². The predicted molar refractivity (Wildman–Crippen MR) is 83.2 cm³/mol. The first kappa shape index (κ1) is 16.3. The zero-order valence-corrected chi connectivity index (χ0v) is 12.7. The summed E-state index contributed by atoms with van der Waals surface area (Å²) in [5.74, 6) is 0.575. The summed E-state index contributed by atoms with van der Waals surface area (Å²) >= 11 is 0. The number of hydrogen-bond acceptors (Lipinski definition) is 4. The fourth-order valence-electron chi connectivity index (χ4n) is 2.72. The molecule has 1 aliphatic rings. The molecule has 1 fully saturated rings. The molecule has 0 aromatic carbocycles. The van der Waals surface area contributed by atoms with Gasteiger partial charge in [0.25, 0.3) is 0 Å². The minimum Gasteiger partial charge on any atom is -0.468 e. The van der Waals surface area contributed by atoms with Crippen LogP contribution in [0, 0.1) is 0 Å². The zero-order valence-electron chi connectivity index (χ0n) is 12.7. The molecule has 1 aromatic heterocycles. The standard InChI is InChI=1S/C16H23N3O3/c1-2-9-17-16(21)18-15(20)12-19-10-5-3-4-7-13(19)14-8-6-11-22-14/h2,6,8,11,13H,1,3-5,7,9-10,12H2,(H2,17,18,20,21). The lowest BCUT2D eigenvalue weighted by Crippen LogP contribution is -2.45. The van der Waals surface area contributed by atoms with Crippen LogP contribution in [-0.2, 0) is 4.79 Å². The van der Waals surface area contributed by atoms with Gasteiger partial charge in [0.05, 0.1) is 18.8 Å². The van der Waals surface area contributed by atoms with Gasteiger partial charge in [0.2, 0.25) is 5.91 Å². The maximum absolute atomic E-state index is 12.0. The maximum atomic E-state index is 12.0. The normalized spacial score (nSPS) is 19.2. The molecule has 2 rings (SSSR count). The monoisotopic (exact) mass is 305 g/mol. The Labute approximate surface area is 130 Å². The Bertz CT molecular complexity index is 499. The summed E-state index contributed by atoms with van der Waals surface area (Å²) in [5, 5.41) is 4.86. The molecule has 1 unspecified atom stereocenters. The van der Waals surface area contributed by atoms with E-state index in [1.165, 1.54) is 0 Å². The third kappa shape index (κ3) is 4.73. The average Bonchev–Trinajstić information content (AvgIpc) is 2.93. The molecule has 2 N–H and O–H groups in total. The molecular weight excluding hydrogens is 282 g/mol. The Hall–Kier alpha value is -2.08. The highest BCUT2D eigenvalue weighted by molar-refractivity contribution is 5.95. The van der Waals surface area contributed by atoms with Crippen molar-refractivity contribution in [3.63, 3.8) is 0 Å². The zero-order chi connectivity index (χ0) is 15.8. The Morgan fingerprint density at radius 1 is 1.41 bits per heavy atom. The summed E-state index contributed by atoms with van der Waals surface area (Å²) in [5.41, 5.74) is 0. The molecule has 1 saturated heterocycles. The van der Waals surface area contributed by atoms with Crippen molar-refractivity contribution < 1.29 is 14.0 Å². The number of imide groups is 1. The minimum absolute atomic E-state index is 0.0967. The summed E-state index contributed by atoms with van der Waals surface area (Å²) in [7, 11) is 0. The summed E-state index contributed by atoms with van der Waals surface area (Å²) in [4.78, 5) is 25.6. The first-order valence-electron chi connectivity index (χ1n) is 7.66. The molecule has 0 radical (unpaired) electrons. The Morgan fingerprint density at radius 3 is 3.00 bits per heavy atom. The summed E-state index contributed by atoms with van der Waals surface area (Å²) in [6.45, 7) is 4.85. The van der Waals surface area contributed by atoms with E-state index in [1.54, 1.807) is 12.3 Å². The Kier molecular flexibility index (Phi) is 6.21. The van der Waals surface area contributed by atoms with Crippen molar-refractivity contribution >= 4 is 11.9 Å². The Balaban J connectivity index is 1.93. The molecule has 2 heterocycles. The third-order valence-electron chi connectivity index (χ3n) is 3.74. The molecule has 0 spiro atoms. The van der Waals surface area contributed by atoms with Crippen molar-refractivity contribution in [1.29, 1.82) is 0 Å². The maximum Gasteiger partial charge on any atom is 0.321 e. The fourth-order valence-corrected chi connectivity index (χ4v) is 2.72. The molecule has 1 aliphatic heterocycles. The topological polar surface area (TPSA) is 74.6 Å². The van der Waals surface area contributed by atoms with Gasteiger partial charge >= 0.3 is 6.03 Å². The van der Waals surface area contributed by atoms with Crippen LogP contribution in [0.15, 0.2) is 35.5 Å². The number of likely N-dealkylation sites (tertiary alicyclic amines) is 1. The number of hydrogen-bond donors (Lipinski definition) is 2. The predicted octanol–water partition coefficient (Wildman–Crippen LogP) is 2.21. The third-order valence-corrected chi connectivity index (χ3v) is 3.74. The SMILES string of the molecule is C=CCNC(=O)NC(=O)CN1CCCCCC1c1ccco1. The van der Waals surface area contributed by atoms with Gasteiger partial charge in [-0.3, -0.25) is 15.0 Å². The van der Waals surface area contributed by atoms with Crippen molar-refractivity contribution in [2.75, 3.05) is 19.6 Å². The highest BCUT2D eigenvalue weighted by Crippen LogP contribution is 2.29. The number of nitrogens with one attached hydrogen (secondary N) is 2. The van der Waals surface area contributed by atoms with E-state index in [2.05, 4.69) is 22.1 Å². The largest absolute Gasteiger partial charge is 0.468 e. The van der Waals surface area contributed by atoms with Gasteiger partial charge in [0.15, 0.2) is 0 Å². The van der Waals surface area contributed by atoms with E-state index in [4.69, 9.17) is 4.42 Å². The van der Waals surface area contributed by atoms with Crippen LogP contribution in [-0.4, -0.2) is 36.5 Å². The van der Waals surface area contributed by atoms with Crippen molar-refractivity contribution in [2.45, 2.75) is 31.7 Å². The van der Waals surface area contributed by atoms with Crippen molar-refractivity contribution in [3.05, 3.63) is 36.8 Å². The van der Waals surface area contributed by atoms with Crippen LogP contribution in [0.5, 0.6) is 0 Å². The molecule has 0 saturated carbocycles. The van der Waals surface area contributed by atoms with Gasteiger partial charge in [-0.1, -0.05) is 18.9 Å². The molecule has 120 valence electrons. The molecule has 0 bridgehead atoms. The number of rotatable bonds is 5. The quantitative estimate of drug-likeness (QED) is 0.818. The van der Waals surface area contributed by atoms with Gasteiger partial charge in [0, 0.05) is 6.54 Å². The van der Waals surface area contributed by atoms with E-state index >= 15 is 0 Å². The number of furan rings is 1. The molecule has 0 aliphatic carbocycles. The fraction of sp³-hybridized carbons (Fsp3) is 0.500. The van der Waals surface area contributed by atoms with Crippen LogP contribution < -0.4 is 10.6 Å². The van der Waals surface area contributed by atoms with E-state index in [-0.39, 0.29) is 18.5 Å². The highest BCUT2D eigenvalue weighted by Gasteiger charge is 2.26. The average molecular weight is 305 g/mol. The smallest absolute Gasteiger partial charge is 0.321 e. The van der Waals surface area contributed by atoms with E-state index < -0.39 is 6.03 Å². The van der Waals surface area contributed by atoms with Crippen molar-refractivity contribution in [1.82, 2.24) is 15.5 Å². The number of urea groups is 1. The van der Waals surface area contributed by atoms with Gasteiger partial charge in [-0.05, 0) is 31.5 Å². The van der Waals surface area contributed by atoms with Crippen LogP contribution in [0.1, 0.15) is 37.5 Å². The number of carbonyl (C=O) groups is 2. The van der Waals surface area contributed by atoms with Crippen molar-refractivity contribution in [3.8, 4) is 0 Å². The van der Waals surface area contributed by atoms with Crippen LogP contribution >= 0.6 is 0 Å². The van der Waals surface area contributed by atoms with E-state index in [9.17, 15) is 9.59 Å². The van der Waals surface area contributed by atoms with Crippen molar-refractivity contribution in [2.24, 2.45) is 0 Å². The lowest BCUT2D eigenvalue weighted by atomic mass is 10.1. The molecule has 3 amide bonds. The van der Waals surface area contributed by atoms with Gasteiger partial charge < -0.3 is 9.73 Å². The van der Waals surface area contributed by atoms with Crippen LogP contribution in [0.25, 0.3) is 0 Å². The number of carbonyl (C=O) groups excluding carboxylic acids is 2. The second-order valence-corrected chi connectivity index (χ2v) is 5.40. The minimum atomic E-state index is -0.491. The number of amides is 3. The van der Waals surface area contributed by atoms with E-state index in [0.717, 1.165) is 38.0 Å². The first-order chi connectivity index (χ1) is 10.7.